The summed E-state index contributed by atoms with van der Waals surface area (Å²) in [4.78, 5) is 0. The lowest BCUT2D eigenvalue weighted by Gasteiger charge is -2.25. The van der Waals surface area contributed by atoms with Gasteiger partial charge in [0, 0.05) is 6.42 Å². The van der Waals surface area contributed by atoms with Gasteiger partial charge >= 0.3 is 0 Å². The van der Waals surface area contributed by atoms with Crippen molar-refractivity contribution in [3.8, 4) is 0 Å². The molecule has 1 aromatic carbocycles. The van der Waals surface area contributed by atoms with Crippen LogP contribution in [0.1, 0.15) is 42.7 Å². The van der Waals surface area contributed by atoms with E-state index in [1.54, 1.807) is 0 Å². The highest BCUT2D eigenvalue weighted by Crippen LogP contribution is 2.40. The van der Waals surface area contributed by atoms with Crippen molar-refractivity contribution >= 4 is 0 Å². The molecule has 3 rings (SSSR count). The van der Waals surface area contributed by atoms with Gasteiger partial charge in [0.25, 0.3) is 0 Å². The van der Waals surface area contributed by atoms with Crippen LogP contribution in [0.4, 0.5) is 0 Å². The van der Waals surface area contributed by atoms with Crippen LogP contribution in [-0.2, 0) is 6.42 Å². The monoisotopic (exact) mass is 231 g/mol. The highest BCUT2D eigenvalue weighted by molar-refractivity contribution is 5.33. The van der Waals surface area contributed by atoms with Gasteiger partial charge < -0.3 is 10.4 Å². The van der Waals surface area contributed by atoms with Gasteiger partial charge in [0.1, 0.15) is 0 Å². The number of piperidine rings is 1. The average Bonchev–Trinajstić information content (AvgIpc) is 3.09. The van der Waals surface area contributed by atoms with Crippen LogP contribution in [-0.4, -0.2) is 23.8 Å². The Bertz CT molecular complexity index is 392. The van der Waals surface area contributed by atoms with E-state index in [9.17, 15) is 5.11 Å². The van der Waals surface area contributed by atoms with Crippen molar-refractivity contribution in [2.75, 3.05) is 13.1 Å². The van der Waals surface area contributed by atoms with Crippen LogP contribution in [0.2, 0.25) is 0 Å². The van der Waals surface area contributed by atoms with Gasteiger partial charge in [0.15, 0.2) is 0 Å². The third-order valence-electron chi connectivity index (χ3n) is 4.18. The summed E-state index contributed by atoms with van der Waals surface area (Å²) in [5.41, 5.74) is 2.48. The van der Waals surface area contributed by atoms with E-state index in [0.717, 1.165) is 32.4 Å². The minimum Gasteiger partial charge on any atom is -0.390 e. The summed E-state index contributed by atoms with van der Waals surface area (Å²) in [5.74, 6) is 0.690. The fourth-order valence-corrected chi connectivity index (χ4v) is 2.90. The van der Waals surface area contributed by atoms with Crippen LogP contribution < -0.4 is 5.32 Å². The molecule has 0 amide bonds. The summed E-state index contributed by atoms with van der Waals surface area (Å²) in [6, 6.07) is 8.70. The van der Waals surface area contributed by atoms with E-state index in [0.29, 0.717) is 5.92 Å². The van der Waals surface area contributed by atoms with Gasteiger partial charge in [-0.3, -0.25) is 0 Å². The standard InChI is InChI=1S/C15H21NO/c17-15(7-8-15)11-13-3-1-2-4-14(13)12-5-9-16-10-6-12/h1-4,12,16-17H,5-11H2. The third kappa shape index (κ3) is 2.53. The molecule has 0 spiro atoms. The van der Waals surface area contributed by atoms with Crippen molar-refractivity contribution in [2.45, 2.75) is 43.6 Å². The summed E-state index contributed by atoms with van der Waals surface area (Å²) in [6.07, 6.45) is 5.28. The maximum atomic E-state index is 10.1. The molecule has 1 saturated carbocycles. The van der Waals surface area contributed by atoms with E-state index in [2.05, 4.69) is 29.6 Å². The van der Waals surface area contributed by atoms with Crippen molar-refractivity contribution in [3.05, 3.63) is 35.4 Å². The molecule has 0 unspecified atom stereocenters. The zero-order valence-electron chi connectivity index (χ0n) is 10.3. The molecule has 1 aromatic rings. The quantitative estimate of drug-likeness (QED) is 0.836. The Labute approximate surface area is 103 Å². The van der Waals surface area contributed by atoms with Gasteiger partial charge in [-0.2, -0.15) is 0 Å². The van der Waals surface area contributed by atoms with Crippen LogP contribution in [0, 0.1) is 0 Å². The lowest BCUT2D eigenvalue weighted by atomic mass is 9.85. The van der Waals surface area contributed by atoms with Gasteiger partial charge in [-0.25, -0.2) is 0 Å². The van der Waals surface area contributed by atoms with Gasteiger partial charge in [0.2, 0.25) is 0 Å². The van der Waals surface area contributed by atoms with Crippen molar-refractivity contribution in [1.29, 1.82) is 0 Å². The molecule has 1 heterocycles. The Morgan fingerprint density at radius 3 is 2.59 bits per heavy atom. The lowest BCUT2D eigenvalue weighted by molar-refractivity contribution is 0.150. The number of hydrogen-bond acceptors (Lipinski definition) is 2. The fourth-order valence-electron chi connectivity index (χ4n) is 2.90. The first-order valence-electron chi connectivity index (χ1n) is 6.78. The Hall–Kier alpha value is -0.860. The molecule has 1 aliphatic heterocycles. The molecular weight excluding hydrogens is 210 g/mol. The number of rotatable bonds is 3. The van der Waals surface area contributed by atoms with Crippen LogP contribution in [0.5, 0.6) is 0 Å². The van der Waals surface area contributed by atoms with Gasteiger partial charge in [0.05, 0.1) is 5.60 Å². The Morgan fingerprint density at radius 1 is 1.18 bits per heavy atom. The maximum Gasteiger partial charge on any atom is 0.0690 e. The molecule has 0 atom stereocenters. The molecule has 1 aliphatic carbocycles. The molecule has 0 aromatic heterocycles. The highest BCUT2D eigenvalue weighted by atomic mass is 16.3. The Morgan fingerprint density at radius 2 is 1.88 bits per heavy atom. The van der Waals surface area contributed by atoms with Crippen LogP contribution in [0.3, 0.4) is 0 Å². The molecular formula is C15H21NO. The van der Waals surface area contributed by atoms with Crippen LogP contribution in [0.15, 0.2) is 24.3 Å². The second kappa shape index (κ2) is 4.43. The van der Waals surface area contributed by atoms with Crippen LogP contribution >= 0.6 is 0 Å². The summed E-state index contributed by atoms with van der Waals surface area (Å²) in [6.45, 7) is 2.26. The molecule has 92 valence electrons. The molecule has 1 saturated heterocycles. The molecule has 2 aliphatic rings. The summed E-state index contributed by atoms with van der Waals surface area (Å²) in [7, 11) is 0. The zero-order valence-corrected chi connectivity index (χ0v) is 10.3. The largest absolute Gasteiger partial charge is 0.390 e. The zero-order chi connectivity index (χ0) is 11.7. The molecule has 2 nitrogen and oxygen atoms in total. The van der Waals surface area contributed by atoms with Crippen molar-refractivity contribution in [2.24, 2.45) is 0 Å². The van der Waals surface area contributed by atoms with Crippen LogP contribution in [0.25, 0.3) is 0 Å². The van der Waals surface area contributed by atoms with E-state index >= 15 is 0 Å². The smallest absolute Gasteiger partial charge is 0.0690 e. The highest BCUT2D eigenvalue weighted by Gasteiger charge is 2.40. The fraction of sp³-hybridized carbons (Fsp3) is 0.600. The third-order valence-corrected chi connectivity index (χ3v) is 4.18. The second-order valence-electron chi connectivity index (χ2n) is 5.62. The first-order valence-corrected chi connectivity index (χ1v) is 6.78. The van der Waals surface area contributed by atoms with E-state index in [-0.39, 0.29) is 5.60 Å². The second-order valence-corrected chi connectivity index (χ2v) is 5.62. The first kappa shape index (κ1) is 11.2. The minimum atomic E-state index is -0.372. The lowest BCUT2D eigenvalue weighted by Crippen LogP contribution is -2.27. The predicted molar refractivity (Wildman–Crippen MR) is 69.2 cm³/mol. The van der Waals surface area contributed by atoms with Gasteiger partial charge in [-0.15, -0.1) is 0 Å². The van der Waals surface area contributed by atoms with E-state index in [4.69, 9.17) is 0 Å². The van der Waals surface area contributed by atoms with Gasteiger partial charge in [-0.1, -0.05) is 24.3 Å². The van der Waals surface area contributed by atoms with E-state index < -0.39 is 0 Å². The number of nitrogens with one attached hydrogen (secondary N) is 1. The molecule has 0 radical (unpaired) electrons. The predicted octanol–water partition coefficient (Wildman–Crippen LogP) is 2.22. The van der Waals surface area contributed by atoms with Crippen molar-refractivity contribution < 1.29 is 5.11 Å². The molecule has 0 bridgehead atoms. The summed E-state index contributed by atoms with van der Waals surface area (Å²) in [5, 5.41) is 13.5. The Balaban J connectivity index is 1.81. The summed E-state index contributed by atoms with van der Waals surface area (Å²) >= 11 is 0. The molecule has 2 fully saturated rings. The van der Waals surface area contributed by atoms with Gasteiger partial charge in [-0.05, 0) is 55.8 Å². The first-order chi connectivity index (χ1) is 8.27. The number of aliphatic hydroxyl groups is 1. The van der Waals surface area contributed by atoms with Crippen molar-refractivity contribution in [3.63, 3.8) is 0 Å². The maximum absolute atomic E-state index is 10.1. The normalized spacial score (nSPS) is 23.6. The molecule has 17 heavy (non-hydrogen) atoms. The average molecular weight is 231 g/mol. The number of benzene rings is 1. The van der Waals surface area contributed by atoms with E-state index in [1.165, 1.54) is 24.0 Å². The van der Waals surface area contributed by atoms with Crippen molar-refractivity contribution in [1.82, 2.24) is 5.32 Å². The Kier molecular flexibility index (Phi) is 2.93. The molecule has 2 N–H and O–H groups in total. The topological polar surface area (TPSA) is 32.3 Å². The summed E-state index contributed by atoms with van der Waals surface area (Å²) < 4.78 is 0. The minimum absolute atomic E-state index is 0.372. The molecule has 2 heteroatoms. The number of hydrogen-bond donors (Lipinski definition) is 2. The van der Waals surface area contributed by atoms with E-state index in [1.807, 2.05) is 0 Å². The SMILES string of the molecule is OC1(Cc2ccccc2C2CCNCC2)CC1.